The van der Waals surface area contributed by atoms with Gasteiger partial charge in [0.1, 0.15) is 17.1 Å². The van der Waals surface area contributed by atoms with E-state index in [4.69, 9.17) is 4.98 Å². The molecule has 3 nitrogen and oxygen atoms in total. The first kappa shape index (κ1) is 22.5. The van der Waals surface area contributed by atoms with Crippen molar-refractivity contribution in [1.29, 1.82) is 5.41 Å². The van der Waals surface area contributed by atoms with Gasteiger partial charge in [-0.25, -0.2) is 9.37 Å². The second-order valence-electron chi connectivity index (χ2n) is 8.58. The molecule has 0 unspecified atom stereocenters. The number of hydrogen-bond donors (Lipinski definition) is 1. The number of nitrogens with one attached hydrogen (secondary N) is 1. The van der Waals surface area contributed by atoms with Crippen LogP contribution in [0.25, 0.3) is 28.1 Å². The molecule has 1 heterocycles. The first-order chi connectivity index (χ1) is 17.1. The molecule has 0 bridgehead atoms. The Morgan fingerprint density at radius 2 is 1.34 bits per heavy atom. The zero-order valence-corrected chi connectivity index (χ0v) is 19.6. The van der Waals surface area contributed by atoms with Crippen LogP contribution in [0.15, 0.2) is 109 Å². The molecule has 172 valence electrons. The van der Waals surface area contributed by atoms with Crippen LogP contribution in [0.4, 0.5) is 4.39 Å². The Hall–Kier alpha value is -4.31. The maximum atomic E-state index is 14.1. The third kappa shape index (κ3) is 4.82. The van der Waals surface area contributed by atoms with Crippen molar-refractivity contribution in [3.63, 3.8) is 0 Å². The molecule has 0 radical (unpaired) electrons. The zero-order valence-electron chi connectivity index (χ0n) is 19.6. The van der Waals surface area contributed by atoms with Gasteiger partial charge in [0.2, 0.25) is 0 Å². The molecule has 5 rings (SSSR count). The first-order valence-electron chi connectivity index (χ1n) is 11.7. The van der Waals surface area contributed by atoms with E-state index in [1.807, 2.05) is 66.1 Å². The van der Waals surface area contributed by atoms with Gasteiger partial charge in [-0.2, -0.15) is 0 Å². The summed E-state index contributed by atoms with van der Waals surface area (Å²) in [7, 11) is 0. The third-order valence-electron chi connectivity index (χ3n) is 6.23. The zero-order chi connectivity index (χ0) is 24.2. The molecule has 1 N–H and O–H groups in total. The van der Waals surface area contributed by atoms with Crippen LogP contribution in [0.3, 0.4) is 0 Å². The summed E-state index contributed by atoms with van der Waals surface area (Å²) in [5.41, 5.74) is 6.87. The van der Waals surface area contributed by atoms with E-state index in [0.717, 1.165) is 28.8 Å². The Morgan fingerprint density at radius 1 is 0.714 bits per heavy atom. The molecule has 4 aromatic carbocycles. The van der Waals surface area contributed by atoms with Crippen LogP contribution in [0.1, 0.15) is 17.0 Å². The van der Waals surface area contributed by atoms with Crippen molar-refractivity contribution in [1.82, 2.24) is 9.55 Å². The molecule has 35 heavy (non-hydrogen) atoms. The molecule has 0 aliphatic heterocycles. The summed E-state index contributed by atoms with van der Waals surface area (Å²) in [5.74, 6) is 0.376. The summed E-state index contributed by atoms with van der Waals surface area (Å²) >= 11 is 0. The van der Waals surface area contributed by atoms with Crippen LogP contribution in [0.5, 0.6) is 0 Å². The maximum Gasteiger partial charge on any atom is 0.136 e. The minimum atomic E-state index is -0.310. The van der Waals surface area contributed by atoms with E-state index in [1.54, 1.807) is 6.07 Å². The molecule has 1 aromatic heterocycles. The number of aromatic nitrogens is 2. The Bertz CT molecular complexity index is 1510. The highest BCUT2D eigenvalue weighted by atomic mass is 19.1. The Balaban J connectivity index is 1.60. The van der Waals surface area contributed by atoms with E-state index in [2.05, 4.69) is 36.4 Å². The van der Waals surface area contributed by atoms with Gasteiger partial charge < -0.3 is 0 Å². The lowest BCUT2D eigenvalue weighted by atomic mass is 9.99. The molecule has 0 atom stereocenters. The number of nitrogens with zero attached hydrogens (tertiary/aromatic N) is 2. The van der Waals surface area contributed by atoms with Gasteiger partial charge >= 0.3 is 0 Å². The number of rotatable bonds is 6. The first-order valence-corrected chi connectivity index (χ1v) is 11.7. The molecule has 0 saturated heterocycles. The fourth-order valence-electron chi connectivity index (χ4n) is 4.46. The van der Waals surface area contributed by atoms with Gasteiger partial charge in [0, 0.05) is 16.8 Å². The molecule has 0 aliphatic rings. The summed E-state index contributed by atoms with van der Waals surface area (Å²) in [6.45, 7) is 1.90. The molecule has 4 heteroatoms. The Morgan fingerprint density at radius 3 is 2.03 bits per heavy atom. The topological polar surface area (TPSA) is 41.7 Å². The predicted octanol–water partition coefficient (Wildman–Crippen LogP) is 6.92. The van der Waals surface area contributed by atoms with Gasteiger partial charge in [0.05, 0.1) is 5.69 Å². The maximum absolute atomic E-state index is 14.1. The van der Waals surface area contributed by atoms with E-state index in [1.165, 1.54) is 17.7 Å². The molecule has 0 aliphatic carbocycles. The summed E-state index contributed by atoms with van der Waals surface area (Å²) in [4.78, 5) is 4.89. The summed E-state index contributed by atoms with van der Waals surface area (Å²) in [5, 5.41) is 9.18. The molecule has 0 spiro atoms. The van der Waals surface area contributed by atoms with E-state index < -0.39 is 0 Å². The second kappa shape index (κ2) is 9.90. The van der Waals surface area contributed by atoms with Crippen molar-refractivity contribution in [2.24, 2.45) is 0 Å². The molecule has 0 saturated carbocycles. The van der Waals surface area contributed by atoms with Crippen LogP contribution in [0, 0.1) is 18.2 Å². The van der Waals surface area contributed by atoms with Gasteiger partial charge in [-0.05, 0) is 60.7 Å². The van der Waals surface area contributed by atoms with Crippen molar-refractivity contribution < 1.29 is 4.39 Å². The fourth-order valence-corrected chi connectivity index (χ4v) is 4.46. The summed E-state index contributed by atoms with van der Waals surface area (Å²) in [6.07, 6.45) is 1.40. The van der Waals surface area contributed by atoms with Crippen molar-refractivity contribution >= 4 is 0 Å². The second-order valence-corrected chi connectivity index (χ2v) is 8.58. The lowest BCUT2D eigenvalue weighted by Crippen LogP contribution is -2.27. The van der Waals surface area contributed by atoms with Crippen molar-refractivity contribution in [3.8, 4) is 28.1 Å². The van der Waals surface area contributed by atoms with E-state index in [-0.39, 0.29) is 5.82 Å². The van der Waals surface area contributed by atoms with Crippen LogP contribution in [-0.4, -0.2) is 9.55 Å². The van der Waals surface area contributed by atoms with Gasteiger partial charge in [-0.15, -0.1) is 0 Å². The minimum Gasteiger partial charge on any atom is -0.284 e. The van der Waals surface area contributed by atoms with Crippen LogP contribution in [0.2, 0.25) is 0 Å². The molecule has 5 aromatic rings. The van der Waals surface area contributed by atoms with Crippen LogP contribution >= 0.6 is 0 Å². The van der Waals surface area contributed by atoms with E-state index >= 15 is 0 Å². The smallest absolute Gasteiger partial charge is 0.136 e. The number of aryl methyl sites for hydroxylation is 2. The number of hydrogen-bond acceptors (Lipinski definition) is 2. The molecule has 0 fully saturated rings. The molecular weight excluding hydrogens is 433 g/mol. The molecule has 0 amide bonds. The monoisotopic (exact) mass is 459 g/mol. The predicted molar refractivity (Wildman–Crippen MR) is 139 cm³/mol. The van der Waals surface area contributed by atoms with E-state index in [0.29, 0.717) is 29.0 Å². The normalized spacial score (nSPS) is 10.9. The Kier molecular flexibility index (Phi) is 6.36. The summed E-state index contributed by atoms with van der Waals surface area (Å²) < 4.78 is 16.0. The van der Waals surface area contributed by atoms with Crippen molar-refractivity contribution in [2.75, 3.05) is 0 Å². The van der Waals surface area contributed by atoms with Crippen LogP contribution in [-0.2, 0) is 12.8 Å². The highest BCUT2D eigenvalue weighted by Gasteiger charge is 2.16. The Labute approximate surface area is 204 Å². The highest BCUT2D eigenvalue weighted by Crippen LogP contribution is 2.25. The number of halogens is 1. The third-order valence-corrected chi connectivity index (χ3v) is 6.23. The van der Waals surface area contributed by atoms with Gasteiger partial charge in [-0.1, -0.05) is 84.9 Å². The average Bonchev–Trinajstić information content (AvgIpc) is 2.89. The van der Waals surface area contributed by atoms with Gasteiger partial charge in [-0.3, -0.25) is 9.98 Å². The minimum absolute atomic E-state index is 0.310. The van der Waals surface area contributed by atoms with Gasteiger partial charge in [0.25, 0.3) is 0 Å². The van der Waals surface area contributed by atoms with Crippen molar-refractivity contribution in [3.05, 3.63) is 137 Å². The quantitative estimate of drug-likeness (QED) is 0.294. The fraction of sp³-hybridized carbons (Fsp3) is 0.0968. The highest BCUT2D eigenvalue weighted by molar-refractivity contribution is 5.65. The largest absolute Gasteiger partial charge is 0.284 e. The van der Waals surface area contributed by atoms with Crippen LogP contribution < -0.4 is 5.49 Å². The van der Waals surface area contributed by atoms with Gasteiger partial charge in [0.15, 0.2) is 0 Å². The molecular formula is C31H26FN3. The standard InChI is InChI=1S/C31H26FN3/c1-22-34-30(26-13-8-14-27(32)21-26)29(20-15-23-9-4-2-5-10-23)31(33)35(22)28-18-16-25(17-19-28)24-11-6-3-7-12-24/h2-14,16-19,21,33H,15,20H2,1H3. The lowest BCUT2D eigenvalue weighted by Gasteiger charge is -2.18. The SMILES string of the molecule is Cc1nc(-c2cccc(F)c2)c(CCc2ccccc2)c(=N)n1-c1ccc(-c2ccccc2)cc1. The van der Waals surface area contributed by atoms with E-state index in [9.17, 15) is 9.80 Å². The van der Waals surface area contributed by atoms with Crippen molar-refractivity contribution in [2.45, 2.75) is 19.8 Å². The number of benzene rings is 4. The lowest BCUT2D eigenvalue weighted by molar-refractivity contribution is 0.628. The summed E-state index contributed by atoms with van der Waals surface area (Å²) in [6, 6.07) is 35.1. The average molecular weight is 460 g/mol.